The average Bonchev–Trinajstić information content (AvgIpc) is 2.40. The second-order valence-corrected chi connectivity index (χ2v) is 5.45. The predicted octanol–water partition coefficient (Wildman–Crippen LogP) is 3.11. The van der Waals surface area contributed by atoms with Gasteiger partial charge >= 0.3 is 0 Å². The van der Waals surface area contributed by atoms with Crippen molar-refractivity contribution in [1.82, 2.24) is 0 Å². The molecule has 0 radical (unpaired) electrons. The van der Waals surface area contributed by atoms with Crippen LogP contribution in [0.3, 0.4) is 0 Å². The van der Waals surface area contributed by atoms with E-state index in [0.717, 1.165) is 21.8 Å². The van der Waals surface area contributed by atoms with Gasteiger partial charge in [0.25, 0.3) is 5.03 Å². The molecule has 0 fully saturated rings. The van der Waals surface area contributed by atoms with Crippen molar-refractivity contribution in [2.75, 3.05) is 12.4 Å². The number of nitrogens with zero attached hydrogens (tertiary/aromatic N) is 1. The highest BCUT2D eigenvalue weighted by Gasteiger charge is 2.05. The third-order valence-corrected chi connectivity index (χ3v) is 3.71. The number of aryl methyl sites for hydroxylation is 2. The lowest BCUT2D eigenvalue weighted by Gasteiger charge is -2.09. The molecule has 3 nitrogen and oxygen atoms in total. The summed E-state index contributed by atoms with van der Waals surface area (Å²) < 4.78 is 6.62. The summed E-state index contributed by atoms with van der Waals surface area (Å²) in [4.78, 5) is 0. The maximum absolute atomic E-state index is 11.4. The van der Waals surface area contributed by atoms with Crippen molar-refractivity contribution in [3.05, 3.63) is 58.9 Å². The van der Waals surface area contributed by atoms with Crippen LogP contribution in [0.4, 0.5) is 0 Å². The molecule has 1 heterocycles. The van der Waals surface area contributed by atoms with Crippen molar-refractivity contribution in [3.8, 4) is 5.75 Å². The van der Waals surface area contributed by atoms with E-state index in [1.54, 1.807) is 6.07 Å². The molecular formula is C15H17NO2S. The zero-order valence-electron chi connectivity index (χ0n) is 11.1. The van der Waals surface area contributed by atoms with Gasteiger partial charge in [-0.15, -0.1) is 0 Å². The Bertz CT molecular complexity index is 558. The topological polar surface area (TPSA) is 36.2 Å². The molecule has 0 amide bonds. The molecule has 100 valence electrons. The highest BCUT2D eigenvalue weighted by Crippen LogP contribution is 2.20. The number of hydrogen-bond acceptors (Lipinski definition) is 3. The van der Waals surface area contributed by atoms with E-state index in [1.807, 2.05) is 32.0 Å². The second-order valence-electron chi connectivity index (χ2n) is 4.33. The van der Waals surface area contributed by atoms with Gasteiger partial charge in [0, 0.05) is 17.9 Å². The van der Waals surface area contributed by atoms with Crippen LogP contribution in [-0.2, 0) is 0 Å². The lowest BCUT2D eigenvalue weighted by Crippen LogP contribution is -2.27. The third-order valence-electron chi connectivity index (χ3n) is 2.72. The van der Waals surface area contributed by atoms with Crippen LogP contribution in [0.2, 0.25) is 0 Å². The van der Waals surface area contributed by atoms with Crippen LogP contribution in [0.15, 0.2) is 47.6 Å². The Morgan fingerprint density at radius 2 is 2.05 bits per heavy atom. The Kier molecular flexibility index (Phi) is 4.68. The van der Waals surface area contributed by atoms with Gasteiger partial charge in [0.2, 0.25) is 0 Å². The number of pyridine rings is 1. The Morgan fingerprint density at radius 1 is 1.21 bits per heavy atom. The highest BCUT2D eigenvalue weighted by atomic mass is 32.2. The zero-order chi connectivity index (χ0) is 13.7. The molecule has 0 saturated heterocycles. The fraction of sp³-hybridized carbons (Fsp3) is 0.267. The molecule has 2 aromatic rings. The van der Waals surface area contributed by atoms with E-state index < -0.39 is 0 Å². The quantitative estimate of drug-likeness (QED) is 0.364. The largest absolute Gasteiger partial charge is 0.618 e. The Labute approximate surface area is 117 Å². The summed E-state index contributed by atoms with van der Waals surface area (Å²) in [6.45, 7) is 4.67. The summed E-state index contributed by atoms with van der Waals surface area (Å²) in [5.41, 5.74) is 2.32. The van der Waals surface area contributed by atoms with Crippen LogP contribution >= 0.6 is 11.8 Å². The van der Waals surface area contributed by atoms with Crippen molar-refractivity contribution in [2.45, 2.75) is 18.9 Å². The Morgan fingerprint density at radius 3 is 2.84 bits per heavy atom. The molecule has 19 heavy (non-hydrogen) atoms. The maximum Gasteiger partial charge on any atom is 0.251 e. The summed E-state index contributed by atoms with van der Waals surface area (Å²) >= 11 is 1.50. The number of benzene rings is 1. The Balaban J connectivity index is 1.84. The van der Waals surface area contributed by atoms with Gasteiger partial charge < -0.3 is 9.94 Å². The molecule has 0 saturated carbocycles. The van der Waals surface area contributed by atoms with E-state index >= 15 is 0 Å². The first-order chi connectivity index (χ1) is 9.16. The van der Waals surface area contributed by atoms with Crippen molar-refractivity contribution in [2.24, 2.45) is 0 Å². The van der Waals surface area contributed by atoms with E-state index in [-0.39, 0.29) is 0 Å². The van der Waals surface area contributed by atoms with Crippen molar-refractivity contribution in [3.63, 3.8) is 0 Å². The fourth-order valence-electron chi connectivity index (χ4n) is 1.69. The Hall–Kier alpha value is -1.68. The van der Waals surface area contributed by atoms with Crippen LogP contribution in [0.1, 0.15) is 11.1 Å². The molecule has 0 N–H and O–H groups in total. The molecule has 0 atom stereocenters. The summed E-state index contributed by atoms with van der Waals surface area (Å²) in [5.74, 6) is 1.67. The standard InChI is InChI=1S/C15H17NO2S/c1-12-6-7-13(2)14(11-12)18-9-10-19-15-5-3-4-8-16(15)17/h3-8,11H,9-10H2,1-2H3. The van der Waals surface area contributed by atoms with Crippen molar-refractivity contribution < 1.29 is 9.47 Å². The van der Waals surface area contributed by atoms with Gasteiger partial charge in [-0.25, -0.2) is 0 Å². The van der Waals surface area contributed by atoms with E-state index in [0.29, 0.717) is 11.6 Å². The van der Waals surface area contributed by atoms with Crippen molar-refractivity contribution in [1.29, 1.82) is 0 Å². The molecule has 0 aliphatic carbocycles. The van der Waals surface area contributed by atoms with E-state index in [1.165, 1.54) is 23.5 Å². The molecule has 2 rings (SSSR count). The van der Waals surface area contributed by atoms with Gasteiger partial charge in [0.05, 0.1) is 6.61 Å². The molecular weight excluding hydrogens is 258 g/mol. The van der Waals surface area contributed by atoms with Crippen LogP contribution in [0, 0.1) is 19.1 Å². The fourth-order valence-corrected chi connectivity index (χ4v) is 2.42. The van der Waals surface area contributed by atoms with Crippen LogP contribution < -0.4 is 9.47 Å². The van der Waals surface area contributed by atoms with Gasteiger partial charge in [-0.2, -0.15) is 4.73 Å². The van der Waals surface area contributed by atoms with E-state index in [2.05, 4.69) is 12.1 Å². The lowest BCUT2D eigenvalue weighted by molar-refractivity contribution is -0.645. The molecule has 0 spiro atoms. The normalized spacial score (nSPS) is 10.4. The summed E-state index contributed by atoms with van der Waals surface area (Å²) in [7, 11) is 0. The van der Waals surface area contributed by atoms with Gasteiger partial charge in [-0.05, 0) is 37.1 Å². The second kappa shape index (κ2) is 6.48. The minimum Gasteiger partial charge on any atom is -0.618 e. The van der Waals surface area contributed by atoms with Crippen molar-refractivity contribution >= 4 is 11.8 Å². The molecule has 1 aromatic carbocycles. The van der Waals surface area contributed by atoms with Gasteiger partial charge in [0.1, 0.15) is 5.75 Å². The first-order valence-electron chi connectivity index (χ1n) is 6.18. The first kappa shape index (κ1) is 13.7. The molecule has 0 bridgehead atoms. The van der Waals surface area contributed by atoms with Gasteiger partial charge in [-0.1, -0.05) is 23.9 Å². The van der Waals surface area contributed by atoms with Gasteiger partial charge in [0.15, 0.2) is 6.20 Å². The summed E-state index contributed by atoms with van der Waals surface area (Å²) in [6.07, 6.45) is 1.51. The number of ether oxygens (including phenoxy) is 1. The highest BCUT2D eigenvalue weighted by molar-refractivity contribution is 7.99. The minimum absolute atomic E-state index is 0.587. The average molecular weight is 275 g/mol. The number of hydrogen-bond donors (Lipinski definition) is 0. The molecule has 4 heteroatoms. The van der Waals surface area contributed by atoms with Gasteiger partial charge in [-0.3, -0.25) is 0 Å². The molecule has 0 aliphatic rings. The zero-order valence-corrected chi connectivity index (χ0v) is 11.9. The van der Waals surface area contributed by atoms with E-state index in [9.17, 15) is 5.21 Å². The van der Waals surface area contributed by atoms with Crippen LogP contribution in [-0.4, -0.2) is 12.4 Å². The summed E-state index contributed by atoms with van der Waals surface area (Å²) in [6, 6.07) is 11.6. The monoisotopic (exact) mass is 275 g/mol. The SMILES string of the molecule is Cc1ccc(C)c(OCCSc2cccc[n+]2[O-])c1. The van der Waals surface area contributed by atoms with Crippen LogP contribution in [0.5, 0.6) is 5.75 Å². The smallest absolute Gasteiger partial charge is 0.251 e. The predicted molar refractivity (Wildman–Crippen MR) is 77.5 cm³/mol. The molecule has 0 unspecified atom stereocenters. The lowest BCUT2D eigenvalue weighted by atomic mass is 10.1. The van der Waals surface area contributed by atoms with Crippen LogP contribution in [0.25, 0.3) is 0 Å². The number of aromatic nitrogens is 1. The third kappa shape index (κ3) is 3.89. The molecule has 0 aliphatic heterocycles. The first-order valence-corrected chi connectivity index (χ1v) is 7.16. The maximum atomic E-state index is 11.4. The number of thioether (sulfide) groups is 1. The van der Waals surface area contributed by atoms with E-state index in [4.69, 9.17) is 4.74 Å². The molecule has 1 aromatic heterocycles. The summed E-state index contributed by atoms with van der Waals surface area (Å²) in [5, 5.41) is 12.1. The minimum atomic E-state index is 0.587. The number of rotatable bonds is 5.